The van der Waals surface area contributed by atoms with Crippen molar-refractivity contribution in [3.05, 3.63) is 35.9 Å². The van der Waals surface area contributed by atoms with Crippen LogP contribution < -0.4 is 5.32 Å². The Labute approximate surface area is 111 Å². The molecule has 1 aromatic carbocycles. The Kier molecular flexibility index (Phi) is 5.69. The zero-order valence-electron chi connectivity index (χ0n) is 11.4. The lowest BCUT2D eigenvalue weighted by molar-refractivity contribution is 0.158. The monoisotopic (exact) mass is 247 g/mol. The first-order valence-electron chi connectivity index (χ1n) is 7.19. The molecule has 0 aromatic heterocycles. The third-order valence-corrected chi connectivity index (χ3v) is 3.91. The van der Waals surface area contributed by atoms with Crippen LogP contribution in [0.5, 0.6) is 0 Å². The first kappa shape index (κ1) is 13.6. The topological polar surface area (TPSA) is 21.3 Å². The maximum atomic E-state index is 5.44. The molecule has 2 atom stereocenters. The Balaban J connectivity index is 2.07. The summed E-state index contributed by atoms with van der Waals surface area (Å²) in [6.07, 6.45) is 6.67. The average molecular weight is 247 g/mol. The van der Waals surface area contributed by atoms with Gasteiger partial charge >= 0.3 is 0 Å². The second-order valence-electron chi connectivity index (χ2n) is 5.24. The van der Waals surface area contributed by atoms with Crippen molar-refractivity contribution in [3.8, 4) is 0 Å². The number of benzene rings is 1. The molecule has 100 valence electrons. The van der Waals surface area contributed by atoms with Gasteiger partial charge in [0.1, 0.15) is 0 Å². The largest absolute Gasteiger partial charge is 0.384 e. The Morgan fingerprint density at radius 2 is 1.94 bits per heavy atom. The molecule has 2 nitrogen and oxygen atoms in total. The lowest BCUT2D eigenvalue weighted by atomic mass is 9.87. The molecule has 0 saturated carbocycles. The molecule has 18 heavy (non-hydrogen) atoms. The van der Waals surface area contributed by atoms with Gasteiger partial charge in [0.2, 0.25) is 0 Å². The average Bonchev–Trinajstić information content (AvgIpc) is 2.38. The number of hydrogen-bond donors (Lipinski definition) is 1. The minimum Gasteiger partial charge on any atom is -0.384 e. The molecule has 0 radical (unpaired) electrons. The van der Waals surface area contributed by atoms with Crippen molar-refractivity contribution < 1.29 is 4.74 Å². The normalized spacial score (nSPS) is 23.1. The van der Waals surface area contributed by atoms with Crippen molar-refractivity contribution in [3.63, 3.8) is 0 Å². The molecule has 0 bridgehead atoms. The molecule has 2 rings (SSSR count). The molecule has 0 aliphatic carbocycles. The van der Waals surface area contributed by atoms with Gasteiger partial charge in [-0.05, 0) is 24.9 Å². The quantitative estimate of drug-likeness (QED) is 0.881. The van der Waals surface area contributed by atoms with Crippen LogP contribution in [0.2, 0.25) is 0 Å². The van der Waals surface area contributed by atoms with E-state index in [1.807, 2.05) is 0 Å². The molecule has 1 heterocycles. The van der Waals surface area contributed by atoms with Crippen LogP contribution in [-0.2, 0) is 4.74 Å². The van der Waals surface area contributed by atoms with Crippen molar-refractivity contribution >= 4 is 0 Å². The van der Waals surface area contributed by atoms with E-state index in [-0.39, 0.29) is 0 Å². The fraction of sp³-hybridized carbons (Fsp3) is 0.625. The molecular formula is C16H25NO. The van der Waals surface area contributed by atoms with Gasteiger partial charge in [-0.3, -0.25) is 0 Å². The van der Waals surface area contributed by atoms with Crippen molar-refractivity contribution in [2.75, 3.05) is 20.3 Å². The van der Waals surface area contributed by atoms with Crippen LogP contribution in [0.3, 0.4) is 0 Å². The Hall–Kier alpha value is -0.860. The Bertz CT molecular complexity index is 317. The standard InChI is InChI=1S/C16H25NO/c1-18-13-15(14-9-5-4-6-10-14)16-11-7-2-3-8-12-17-16/h4-6,9-10,15-17H,2-3,7-8,11-13H2,1H3. The molecule has 2 unspecified atom stereocenters. The molecule has 0 spiro atoms. The molecule has 1 aliphatic rings. The van der Waals surface area contributed by atoms with E-state index in [2.05, 4.69) is 35.6 Å². The minimum absolute atomic E-state index is 0.481. The van der Waals surface area contributed by atoms with Crippen LogP contribution in [0.25, 0.3) is 0 Å². The van der Waals surface area contributed by atoms with Crippen LogP contribution in [-0.4, -0.2) is 26.3 Å². The van der Waals surface area contributed by atoms with E-state index in [0.717, 1.165) is 13.2 Å². The minimum atomic E-state index is 0.481. The van der Waals surface area contributed by atoms with E-state index >= 15 is 0 Å². The molecule has 1 fully saturated rings. The van der Waals surface area contributed by atoms with Crippen LogP contribution in [0.1, 0.15) is 43.6 Å². The van der Waals surface area contributed by atoms with E-state index in [0.29, 0.717) is 12.0 Å². The third-order valence-electron chi connectivity index (χ3n) is 3.91. The maximum Gasteiger partial charge on any atom is 0.0545 e. The Morgan fingerprint density at radius 3 is 2.72 bits per heavy atom. The summed E-state index contributed by atoms with van der Waals surface area (Å²) < 4.78 is 5.44. The van der Waals surface area contributed by atoms with Gasteiger partial charge in [-0.1, -0.05) is 49.6 Å². The number of ether oxygens (including phenoxy) is 1. The molecule has 1 aliphatic heterocycles. The second kappa shape index (κ2) is 7.55. The van der Waals surface area contributed by atoms with Crippen LogP contribution in [0, 0.1) is 0 Å². The SMILES string of the molecule is COCC(c1ccccc1)C1CCCCCCN1. The van der Waals surface area contributed by atoms with Gasteiger partial charge in [-0.25, -0.2) is 0 Å². The number of rotatable bonds is 4. The van der Waals surface area contributed by atoms with Gasteiger partial charge in [-0.15, -0.1) is 0 Å². The fourth-order valence-corrected chi connectivity index (χ4v) is 2.90. The molecule has 1 saturated heterocycles. The zero-order valence-corrected chi connectivity index (χ0v) is 11.4. The summed E-state index contributed by atoms with van der Waals surface area (Å²) in [6.45, 7) is 1.96. The number of nitrogens with one attached hydrogen (secondary N) is 1. The highest BCUT2D eigenvalue weighted by Crippen LogP contribution is 2.25. The molecule has 0 amide bonds. The van der Waals surface area contributed by atoms with Gasteiger partial charge in [0.15, 0.2) is 0 Å². The summed E-state index contributed by atoms with van der Waals surface area (Å²) in [4.78, 5) is 0. The number of hydrogen-bond acceptors (Lipinski definition) is 2. The van der Waals surface area contributed by atoms with Gasteiger partial charge < -0.3 is 10.1 Å². The van der Waals surface area contributed by atoms with Gasteiger partial charge in [-0.2, -0.15) is 0 Å². The molecular weight excluding hydrogens is 222 g/mol. The number of methoxy groups -OCH3 is 1. The summed E-state index contributed by atoms with van der Waals surface area (Å²) in [5.41, 5.74) is 1.40. The van der Waals surface area contributed by atoms with Crippen molar-refractivity contribution in [2.24, 2.45) is 0 Å². The first-order valence-corrected chi connectivity index (χ1v) is 7.19. The van der Waals surface area contributed by atoms with Crippen molar-refractivity contribution in [1.82, 2.24) is 5.32 Å². The molecule has 2 heteroatoms. The van der Waals surface area contributed by atoms with Crippen molar-refractivity contribution in [1.29, 1.82) is 0 Å². The summed E-state index contributed by atoms with van der Waals surface area (Å²) in [5, 5.41) is 3.72. The van der Waals surface area contributed by atoms with Crippen molar-refractivity contribution in [2.45, 2.75) is 44.1 Å². The molecule has 1 aromatic rings. The lowest BCUT2D eigenvalue weighted by Gasteiger charge is -2.29. The highest BCUT2D eigenvalue weighted by Gasteiger charge is 2.23. The third kappa shape index (κ3) is 3.82. The van der Waals surface area contributed by atoms with E-state index in [9.17, 15) is 0 Å². The van der Waals surface area contributed by atoms with E-state index < -0.39 is 0 Å². The summed E-state index contributed by atoms with van der Waals surface area (Å²) in [6, 6.07) is 11.3. The summed E-state index contributed by atoms with van der Waals surface area (Å²) >= 11 is 0. The lowest BCUT2D eigenvalue weighted by Crippen LogP contribution is -2.38. The highest BCUT2D eigenvalue weighted by atomic mass is 16.5. The van der Waals surface area contributed by atoms with E-state index in [4.69, 9.17) is 4.74 Å². The van der Waals surface area contributed by atoms with Gasteiger partial charge in [0.05, 0.1) is 6.61 Å². The fourth-order valence-electron chi connectivity index (χ4n) is 2.90. The maximum absolute atomic E-state index is 5.44. The highest BCUT2D eigenvalue weighted by molar-refractivity contribution is 5.21. The van der Waals surface area contributed by atoms with E-state index in [1.165, 1.54) is 37.7 Å². The predicted molar refractivity (Wildman–Crippen MR) is 75.9 cm³/mol. The van der Waals surface area contributed by atoms with Crippen LogP contribution >= 0.6 is 0 Å². The smallest absolute Gasteiger partial charge is 0.0545 e. The predicted octanol–water partition coefficient (Wildman–Crippen LogP) is 3.34. The van der Waals surface area contributed by atoms with Gasteiger partial charge in [0.25, 0.3) is 0 Å². The summed E-state index contributed by atoms with van der Waals surface area (Å²) in [7, 11) is 1.80. The Morgan fingerprint density at radius 1 is 1.17 bits per heavy atom. The van der Waals surface area contributed by atoms with E-state index in [1.54, 1.807) is 7.11 Å². The van der Waals surface area contributed by atoms with Crippen LogP contribution in [0.15, 0.2) is 30.3 Å². The summed E-state index contributed by atoms with van der Waals surface area (Å²) in [5.74, 6) is 0.481. The first-order chi connectivity index (χ1) is 8.92. The van der Waals surface area contributed by atoms with Gasteiger partial charge in [0, 0.05) is 19.1 Å². The zero-order chi connectivity index (χ0) is 12.6. The molecule has 1 N–H and O–H groups in total. The van der Waals surface area contributed by atoms with Crippen LogP contribution in [0.4, 0.5) is 0 Å². The second-order valence-corrected chi connectivity index (χ2v) is 5.24.